The maximum atomic E-state index is 14.0. The van der Waals surface area contributed by atoms with E-state index in [4.69, 9.17) is 9.84 Å². The van der Waals surface area contributed by atoms with Crippen LogP contribution < -0.4 is 0 Å². The Morgan fingerprint density at radius 1 is 1.19 bits per heavy atom. The minimum absolute atomic E-state index is 0.0694. The van der Waals surface area contributed by atoms with Crippen molar-refractivity contribution in [2.45, 2.75) is 44.4 Å². The lowest BCUT2D eigenvalue weighted by molar-refractivity contribution is -0.165. The number of alkyl halides is 2. The predicted octanol–water partition coefficient (Wildman–Crippen LogP) is 5.62. The van der Waals surface area contributed by atoms with Crippen LogP contribution in [0.1, 0.15) is 42.0 Å². The van der Waals surface area contributed by atoms with Gasteiger partial charge in [-0.2, -0.15) is 8.78 Å². The Bertz CT molecular complexity index is 1120. The molecule has 1 N–H and O–H groups in total. The summed E-state index contributed by atoms with van der Waals surface area (Å²) in [7, 11) is 0. The van der Waals surface area contributed by atoms with Crippen LogP contribution in [0.2, 0.25) is 0 Å². The molecule has 1 aliphatic heterocycles. The Hall–Kier alpha value is -2.80. The number of fused-ring (bicyclic) bond motifs is 1. The number of carboxylic acid groups (broad SMARTS) is 1. The molecule has 1 fully saturated rings. The quantitative estimate of drug-likeness (QED) is 0.551. The number of carbonyl (C=O) groups is 1. The van der Waals surface area contributed by atoms with Gasteiger partial charge in [-0.15, -0.1) is 0 Å². The van der Waals surface area contributed by atoms with Crippen LogP contribution in [0.25, 0.3) is 16.6 Å². The Kier molecular flexibility index (Phi) is 5.79. The number of ether oxygens (including phenoxy) is 1. The van der Waals surface area contributed by atoms with Crippen molar-refractivity contribution in [2.24, 2.45) is 0 Å². The molecule has 0 saturated carbocycles. The standard InChI is InChI=1S/C24H24F3NO3/c1-15-14-17(6-7-20(15)25)28-21-5-3-2-4-18(21)19(8-11-24(26,27)23(29)30)22(28)16-9-12-31-13-10-16/h2-7,14,16H,8-13H2,1H3,(H,29,30). The van der Waals surface area contributed by atoms with Gasteiger partial charge >= 0.3 is 11.9 Å². The fraction of sp³-hybridized carbons (Fsp3) is 0.375. The second-order valence-electron chi connectivity index (χ2n) is 8.05. The zero-order valence-corrected chi connectivity index (χ0v) is 17.2. The minimum atomic E-state index is -3.80. The first kappa shape index (κ1) is 21.4. The van der Waals surface area contributed by atoms with Gasteiger partial charge in [0.25, 0.3) is 0 Å². The first-order chi connectivity index (χ1) is 14.8. The van der Waals surface area contributed by atoms with Crippen LogP contribution in [-0.2, 0) is 16.0 Å². The van der Waals surface area contributed by atoms with E-state index in [1.807, 2.05) is 28.8 Å². The predicted molar refractivity (Wildman–Crippen MR) is 112 cm³/mol. The topological polar surface area (TPSA) is 51.5 Å². The average Bonchev–Trinajstić information content (AvgIpc) is 3.09. The van der Waals surface area contributed by atoms with Crippen LogP contribution in [0.3, 0.4) is 0 Å². The van der Waals surface area contributed by atoms with E-state index in [0.29, 0.717) is 18.8 Å². The van der Waals surface area contributed by atoms with Crippen molar-refractivity contribution in [1.29, 1.82) is 0 Å². The van der Waals surface area contributed by atoms with E-state index >= 15 is 0 Å². The molecule has 0 radical (unpaired) electrons. The molecule has 2 heterocycles. The fourth-order valence-electron chi connectivity index (χ4n) is 4.42. The van der Waals surface area contributed by atoms with Gasteiger partial charge in [-0.3, -0.25) is 0 Å². The number of carboxylic acids is 1. The van der Waals surface area contributed by atoms with Crippen LogP contribution in [0.15, 0.2) is 42.5 Å². The van der Waals surface area contributed by atoms with Gasteiger partial charge in [-0.05, 0) is 61.6 Å². The molecule has 0 atom stereocenters. The number of nitrogens with zero attached hydrogens (tertiary/aromatic N) is 1. The molecule has 0 bridgehead atoms. The lowest BCUT2D eigenvalue weighted by Gasteiger charge is -2.26. The number of benzene rings is 2. The van der Waals surface area contributed by atoms with Crippen LogP contribution in [0.5, 0.6) is 0 Å². The zero-order chi connectivity index (χ0) is 22.2. The molecule has 7 heteroatoms. The lowest BCUT2D eigenvalue weighted by Crippen LogP contribution is -2.29. The van der Waals surface area contributed by atoms with Crippen molar-refractivity contribution in [3.05, 3.63) is 65.1 Å². The van der Waals surface area contributed by atoms with E-state index in [1.54, 1.807) is 19.1 Å². The van der Waals surface area contributed by atoms with Crippen LogP contribution in [0, 0.1) is 12.7 Å². The van der Waals surface area contributed by atoms with Crippen molar-refractivity contribution in [2.75, 3.05) is 13.2 Å². The van der Waals surface area contributed by atoms with Gasteiger partial charge in [0.05, 0.1) is 5.52 Å². The van der Waals surface area contributed by atoms with Crippen LogP contribution >= 0.6 is 0 Å². The van der Waals surface area contributed by atoms with Crippen molar-refractivity contribution in [3.63, 3.8) is 0 Å². The van der Waals surface area contributed by atoms with Crippen LogP contribution in [-0.4, -0.2) is 34.8 Å². The first-order valence-electron chi connectivity index (χ1n) is 10.4. The highest BCUT2D eigenvalue weighted by Crippen LogP contribution is 2.40. The van der Waals surface area contributed by atoms with Gasteiger partial charge in [0.1, 0.15) is 5.82 Å². The summed E-state index contributed by atoms with van der Waals surface area (Å²) in [5.41, 5.74) is 3.70. The molecule has 1 saturated heterocycles. The maximum Gasteiger partial charge on any atom is 0.374 e. The van der Waals surface area contributed by atoms with E-state index < -0.39 is 18.3 Å². The summed E-state index contributed by atoms with van der Waals surface area (Å²) in [4.78, 5) is 11.0. The van der Waals surface area contributed by atoms with E-state index in [1.165, 1.54) is 6.07 Å². The molecule has 4 rings (SSSR count). The van der Waals surface area contributed by atoms with Gasteiger partial charge in [0.15, 0.2) is 0 Å². The summed E-state index contributed by atoms with van der Waals surface area (Å²) in [5, 5.41) is 9.70. The van der Waals surface area contributed by atoms with Gasteiger partial charge in [-0.25, -0.2) is 9.18 Å². The molecule has 0 spiro atoms. The van der Waals surface area contributed by atoms with Crippen molar-refractivity contribution >= 4 is 16.9 Å². The average molecular weight is 431 g/mol. The monoisotopic (exact) mass is 431 g/mol. The largest absolute Gasteiger partial charge is 0.477 e. The molecule has 4 nitrogen and oxygen atoms in total. The molecule has 2 aromatic carbocycles. The number of aryl methyl sites for hydroxylation is 2. The smallest absolute Gasteiger partial charge is 0.374 e. The molecular formula is C24H24F3NO3. The Morgan fingerprint density at radius 2 is 1.90 bits per heavy atom. The highest BCUT2D eigenvalue weighted by Gasteiger charge is 2.39. The van der Waals surface area contributed by atoms with E-state index in [-0.39, 0.29) is 18.2 Å². The zero-order valence-electron chi connectivity index (χ0n) is 17.2. The highest BCUT2D eigenvalue weighted by molar-refractivity contribution is 5.88. The molecule has 1 aromatic heterocycles. The summed E-state index contributed by atoms with van der Waals surface area (Å²) in [5.74, 6) is -6.16. The lowest BCUT2D eigenvalue weighted by atomic mass is 9.90. The van der Waals surface area contributed by atoms with Gasteiger partial charge in [-0.1, -0.05) is 18.2 Å². The molecule has 3 aromatic rings. The second kappa shape index (κ2) is 8.38. The van der Waals surface area contributed by atoms with Crippen molar-refractivity contribution in [3.8, 4) is 5.69 Å². The van der Waals surface area contributed by atoms with E-state index in [2.05, 4.69) is 0 Å². The van der Waals surface area contributed by atoms with E-state index in [0.717, 1.165) is 40.7 Å². The Balaban J connectivity index is 1.92. The Morgan fingerprint density at radius 3 is 2.58 bits per heavy atom. The summed E-state index contributed by atoms with van der Waals surface area (Å²) in [6.07, 6.45) is 0.617. The molecular weight excluding hydrogens is 407 g/mol. The normalized spacial score (nSPS) is 15.5. The minimum Gasteiger partial charge on any atom is -0.477 e. The van der Waals surface area contributed by atoms with E-state index in [9.17, 15) is 18.0 Å². The Labute approximate surface area is 178 Å². The summed E-state index contributed by atoms with van der Waals surface area (Å²) in [6.45, 7) is 2.83. The third-order valence-electron chi connectivity index (χ3n) is 6.03. The van der Waals surface area contributed by atoms with Crippen molar-refractivity contribution in [1.82, 2.24) is 4.57 Å². The van der Waals surface area contributed by atoms with Crippen molar-refractivity contribution < 1.29 is 27.8 Å². The fourth-order valence-corrected chi connectivity index (χ4v) is 4.42. The second-order valence-corrected chi connectivity index (χ2v) is 8.05. The number of aromatic nitrogens is 1. The number of rotatable bonds is 6. The number of para-hydroxylation sites is 1. The molecule has 164 valence electrons. The third-order valence-corrected chi connectivity index (χ3v) is 6.03. The van der Waals surface area contributed by atoms with Gasteiger partial charge < -0.3 is 14.4 Å². The van der Waals surface area contributed by atoms with Crippen LogP contribution in [0.4, 0.5) is 13.2 Å². The SMILES string of the molecule is Cc1cc(-n2c(C3CCOCC3)c(CCC(F)(F)C(=O)O)c3ccccc32)ccc1F. The maximum absolute atomic E-state index is 14.0. The molecule has 31 heavy (non-hydrogen) atoms. The first-order valence-corrected chi connectivity index (χ1v) is 10.4. The molecule has 0 aliphatic carbocycles. The molecule has 0 amide bonds. The summed E-state index contributed by atoms with van der Waals surface area (Å²) >= 11 is 0. The number of hydrogen-bond donors (Lipinski definition) is 1. The summed E-state index contributed by atoms with van der Waals surface area (Å²) in [6, 6.07) is 12.3. The summed E-state index contributed by atoms with van der Waals surface area (Å²) < 4.78 is 49.4. The molecule has 0 unspecified atom stereocenters. The number of hydrogen-bond acceptors (Lipinski definition) is 2. The van der Waals surface area contributed by atoms with Gasteiger partial charge in [0.2, 0.25) is 0 Å². The number of halogens is 3. The highest BCUT2D eigenvalue weighted by atomic mass is 19.3. The van der Waals surface area contributed by atoms with Gasteiger partial charge in [0, 0.05) is 42.3 Å². The number of aliphatic carboxylic acids is 1. The third kappa shape index (κ3) is 4.06. The molecule has 1 aliphatic rings.